The van der Waals surface area contributed by atoms with Gasteiger partial charge in [0.25, 0.3) is 0 Å². The van der Waals surface area contributed by atoms with Gasteiger partial charge in [0, 0.05) is 11.5 Å². The van der Waals surface area contributed by atoms with Crippen molar-refractivity contribution >= 4 is 28.5 Å². The number of carbonyl (C=O) groups excluding carboxylic acids is 1. The molecule has 0 saturated heterocycles. The van der Waals surface area contributed by atoms with Crippen molar-refractivity contribution in [2.45, 2.75) is 13.8 Å². The van der Waals surface area contributed by atoms with E-state index in [2.05, 4.69) is 10.3 Å². The van der Waals surface area contributed by atoms with Gasteiger partial charge in [-0.15, -0.1) is 11.3 Å². The van der Waals surface area contributed by atoms with E-state index in [1.54, 1.807) is 13.2 Å². The summed E-state index contributed by atoms with van der Waals surface area (Å²) in [6.45, 7) is 4.34. The lowest BCUT2D eigenvalue weighted by molar-refractivity contribution is -0.111. The Morgan fingerprint density at radius 1 is 1.41 bits per heavy atom. The zero-order valence-corrected chi connectivity index (χ0v) is 13.6. The number of aryl methyl sites for hydroxylation is 1. The van der Waals surface area contributed by atoms with Gasteiger partial charge in [-0.1, -0.05) is 6.07 Å². The third kappa shape index (κ3) is 4.33. The van der Waals surface area contributed by atoms with Crippen LogP contribution in [0.15, 0.2) is 29.7 Å². The number of hydrogen-bond donors (Lipinski definition) is 1. The van der Waals surface area contributed by atoms with Gasteiger partial charge in [-0.05, 0) is 37.6 Å². The van der Waals surface area contributed by atoms with Crippen LogP contribution in [0.25, 0.3) is 6.08 Å². The predicted octanol–water partition coefficient (Wildman–Crippen LogP) is 3.51. The Morgan fingerprint density at radius 3 is 2.86 bits per heavy atom. The molecule has 0 spiro atoms. The molecule has 0 bridgehead atoms. The monoisotopic (exact) mass is 318 g/mol. The largest absolute Gasteiger partial charge is 0.493 e. The summed E-state index contributed by atoms with van der Waals surface area (Å²) in [6, 6.07) is 5.51. The van der Waals surface area contributed by atoms with E-state index in [1.165, 1.54) is 17.4 Å². The lowest BCUT2D eigenvalue weighted by Gasteiger charge is -2.09. The molecule has 5 nitrogen and oxygen atoms in total. The first kappa shape index (κ1) is 16.0. The second-order valence-electron chi connectivity index (χ2n) is 4.46. The van der Waals surface area contributed by atoms with Crippen molar-refractivity contribution in [3.05, 3.63) is 40.9 Å². The summed E-state index contributed by atoms with van der Waals surface area (Å²) in [5.41, 5.74) is 1.75. The molecule has 1 amide bonds. The van der Waals surface area contributed by atoms with Crippen LogP contribution >= 0.6 is 11.3 Å². The van der Waals surface area contributed by atoms with Crippen LogP contribution in [0.5, 0.6) is 11.5 Å². The maximum absolute atomic E-state index is 11.8. The number of methoxy groups -OCH3 is 1. The average Bonchev–Trinajstić information content (AvgIpc) is 2.91. The fraction of sp³-hybridized carbons (Fsp3) is 0.250. The number of benzene rings is 1. The zero-order chi connectivity index (χ0) is 15.9. The minimum atomic E-state index is -0.219. The number of carbonyl (C=O) groups is 1. The summed E-state index contributed by atoms with van der Waals surface area (Å²) in [5.74, 6) is 1.10. The lowest BCUT2D eigenvalue weighted by atomic mass is 10.2. The van der Waals surface area contributed by atoms with Crippen LogP contribution in [0, 0.1) is 6.92 Å². The molecule has 22 heavy (non-hydrogen) atoms. The molecule has 0 unspecified atom stereocenters. The van der Waals surface area contributed by atoms with Gasteiger partial charge in [0.15, 0.2) is 16.6 Å². The topological polar surface area (TPSA) is 60.5 Å². The molecule has 2 aromatic rings. The summed E-state index contributed by atoms with van der Waals surface area (Å²) < 4.78 is 10.7. The molecule has 1 N–H and O–H groups in total. The van der Waals surface area contributed by atoms with Crippen molar-refractivity contribution < 1.29 is 14.3 Å². The molecule has 1 aromatic heterocycles. The van der Waals surface area contributed by atoms with Gasteiger partial charge in [-0.3, -0.25) is 10.1 Å². The highest BCUT2D eigenvalue weighted by Gasteiger charge is 2.05. The Labute approximate surface area is 133 Å². The average molecular weight is 318 g/mol. The van der Waals surface area contributed by atoms with Gasteiger partial charge in [0.2, 0.25) is 5.91 Å². The maximum Gasteiger partial charge on any atom is 0.250 e. The highest BCUT2D eigenvalue weighted by molar-refractivity contribution is 7.13. The first-order valence-corrected chi connectivity index (χ1v) is 7.72. The van der Waals surface area contributed by atoms with E-state index in [0.29, 0.717) is 23.2 Å². The smallest absolute Gasteiger partial charge is 0.250 e. The first-order valence-electron chi connectivity index (χ1n) is 6.84. The number of nitrogens with one attached hydrogen (secondary N) is 1. The zero-order valence-electron chi connectivity index (χ0n) is 12.8. The van der Waals surface area contributed by atoms with Crippen molar-refractivity contribution in [2.75, 3.05) is 19.0 Å². The Kier molecular flexibility index (Phi) is 5.55. The Morgan fingerprint density at radius 2 is 2.23 bits per heavy atom. The molecule has 0 aliphatic heterocycles. The lowest BCUT2D eigenvalue weighted by Crippen LogP contribution is -2.07. The Bertz CT molecular complexity index is 680. The number of hydrogen-bond acceptors (Lipinski definition) is 5. The normalized spacial score (nSPS) is 10.7. The summed E-state index contributed by atoms with van der Waals surface area (Å²) in [4.78, 5) is 16.0. The van der Waals surface area contributed by atoms with Gasteiger partial charge in [-0.25, -0.2) is 4.98 Å². The minimum Gasteiger partial charge on any atom is -0.493 e. The van der Waals surface area contributed by atoms with Gasteiger partial charge in [-0.2, -0.15) is 0 Å². The van der Waals surface area contributed by atoms with Crippen LogP contribution in [-0.2, 0) is 4.79 Å². The van der Waals surface area contributed by atoms with E-state index in [1.807, 2.05) is 37.4 Å². The molecule has 1 aromatic carbocycles. The third-order valence-corrected chi connectivity index (χ3v) is 3.64. The minimum absolute atomic E-state index is 0.219. The number of anilines is 1. The highest BCUT2D eigenvalue weighted by Crippen LogP contribution is 2.28. The van der Waals surface area contributed by atoms with Crippen LogP contribution in [0.3, 0.4) is 0 Å². The summed E-state index contributed by atoms with van der Waals surface area (Å²) in [6.07, 6.45) is 3.19. The fourth-order valence-electron chi connectivity index (χ4n) is 1.80. The quantitative estimate of drug-likeness (QED) is 0.828. The predicted molar refractivity (Wildman–Crippen MR) is 88.7 cm³/mol. The maximum atomic E-state index is 11.8. The van der Waals surface area contributed by atoms with E-state index in [4.69, 9.17) is 9.47 Å². The molecular formula is C16H18N2O3S. The van der Waals surface area contributed by atoms with Crippen LogP contribution < -0.4 is 14.8 Å². The molecule has 0 atom stereocenters. The van der Waals surface area contributed by atoms with Crippen molar-refractivity contribution in [2.24, 2.45) is 0 Å². The van der Waals surface area contributed by atoms with Gasteiger partial charge >= 0.3 is 0 Å². The molecule has 0 fully saturated rings. The standard InChI is InChI=1S/C16H18N2O3S/c1-4-21-14-9-12(5-7-13(14)20-3)6-8-15(19)18-16-17-11(2)10-22-16/h5-10H,4H2,1-3H3,(H,17,18,19)/b8-6+. The molecule has 0 saturated carbocycles. The van der Waals surface area contributed by atoms with E-state index >= 15 is 0 Å². The Hall–Kier alpha value is -2.34. The SMILES string of the molecule is CCOc1cc(/C=C/C(=O)Nc2nc(C)cs2)ccc1OC. The van der Waals surface area contributed by atoms with Crippen molar-refractivity contribution in [1.29, 1.82) is 0 Å². The number of amides is 1. The molecule has 116 valence electrons. The van der Waals surface area contributed by atoms with Crippen LogP contribution in [0.2, 0.25) is 0 Å². The second kappa shape index (κ2) is 7.61. The van der Waals surface area contributed by atoms with E-state index in [-0.39, 0.29) is 5.91 Å². The molecule has 1 heterocycles. The summed E-state index contributed by atoms with van der Waals surface area (Å²) in [7, 11) is 1.59. The number of ether oxygens (including phenoxy) is 2. The van der Waals surface area contributed by atoms with Crippen molar-refractivity contribution in [3.8, 4) is 11.5 Å². The molecular weight excluding hydrogens is 300 g/mol. The van der Waals surface area contributed by atoms with Crippen molar-refractivity contribution in [3.63, 3.8) is 0 Å². The van der Waals surface area contributed by atoms with Crippen LogP contribution in [0.4, 0.5) is 5.13 Å². The van der Waals surface area contributed by atoms with Crippen LogP contribution in [-0.4, -0.2) is 24.6 Å². The number of aromatic nitrogens is 1. The highest BCUT2D eigenvalue weighted by atomic mass is 32.1. The number of thiazole rings is 1. The molecule has 0 aliphatic carbocycles. The van der Waals surface area contributed by atoms with E-state index in [0.717, 1.165) is 11.3 Å². The number of nitrogens with zero attached hydrogens (tertiary/aromatic N) is 1. The van der Waals surface area contributed by atoms with E-state index in [9.17, 15) is 4.79 Å². The number of rotatable bonds is 6. The van der Waals surface area contributed by atoms with Gasteiger partial charge in [0.05, 0.1) is 19.4 Å². The van der Waals surface area contributed by atoms with Gasteiger partial charge in [0.1, 0.15) is 0 Å². The van der Waals surface area contributed by atoms with Crippen LogP contribution in [0.1, 0.15) is 18.2 Å². The van der Waals surface area contributed by atoms with Crippen molar-refractivity contribution in [1.82, 2.24) is 4.98 Å². The molecule has 6 heteroatoms. The first-order chi connectivity index (χ1) is 10.6. The second-order valence-corrected chi connectivity index (χ2v) is 5.32. The molecule has 0 radical (unpaired) electrons. The molecule has 2 rings (SSSR count). The fourth-order valence-corrected chi connectivity index (χ4v) is 2.49. The van der Waals surface area contributed by atoms with E-state index < -0.39 is 0 Å². The third-order valence-electron chi connectivity index (χ3n) is 2.76. The molecule has 0 aliphatic rings. The Balaban J connectivity index is 2.05. The summed E-state index contributed by atoms with van der Waals surface area (Å²) >= 11 is 1.40. The van der Waals surface area contributed by atoms with Gasteiger partial charge < -0.3 is 9.47 Å². The summed E-state index contributed by atoms with van der Waals surface area (Å²) in [5, 5.41) is 5.20.